The molecule has 0 aromatic carbocycles. The van der Waals surface area contributed by atoms with Gasteiger partial charge < -0.3 is 27.5 Å². The number of aromatic nitrogens is 1. The van der Waals surface area contributed by atoms with Crippen molar-refractivity contribution in [3.8, 4) is 5.88 Å². The highest BCUT2D eigenvalue weighted by Gasteiger charge is 2.51. The first-order valence-electron chi connectivity index (χ1n) is 15.6. The van der Waals surface area contributed by atoms with Crippen molar-refractivity contribution in [1.82, 2.24) is 4.98 Å². The molecule has 0 radical (unpaired) electrons. The van der Waals surface area contributed by atoms with E-state index in [1.54, 1.807) is 12.1 Å². The highest BCUT2D eigenvalue weighted by molar-refractivity contribution is 6.70. The van der Waals surface area contributed by atoms with E-state index in [0.29, 0.717) is 24.5 Å². The van der Waals surface area contributed by atoms with Gasteiger partial charge in [0.05, 0.1) is 50.7 Å². The minimum atomic E-state index is -2.03. The van der Waals surface area contributed by atoms with Crippen molar-refractivity contribution in [1.29, 1.82) is 0 Å². The third-order valence-electron chi connectivity index (χ3n) is 7.66. The molecule has 0 saturated carbocycles. The average molecular weight is 654 g/mol. The first-order valence-corrected chi connectivity index (χ1v) is 25.8. The molecule has 0 unspecified atom stereocenters. The first kappa shape index (κ1) is 36.2. The van der Waals surface area contributed by atoms with Gasteiger partial charge in [-0.2, -0.15) is 0 Å². The maximum atomic E-state index is 13.2. The predicted molar refractivity (Wildman–Crippen MR) is 175 cm³/mol. The van der Waals surface area contributed by atoms with Crippen LogP contribution in [0.3, 0.4) is 0 Å². The molecule has 0 amide bonds. The number of epoxide rings is 1. The average Bonchev–Trinajstić information content (AvgIpc) is 3.63. The lowest BCUT2D eigenvalue weighted by Gasteiger charge is -2.47. The zero-order valence-corrected chi connectivity index (χ0v) is 31.4. The Morgan fingerprint density at radius 2 is 1.56 bits per heavy atom. The van der Waals surface area contributed by atoms with Crippen LogP contribution in [-0.2, 0) is 27.5 Å². The van der Waals surface area contributed by atoms with Crippen molar-refractivity contribution in [2.24, 2.45) is 11.8 Å². The Hall–Kier alpha value is -1.26. The number of hydrogen-bond donors (Lipinski definition) is 0. The van der Waals surface area contributed by atoms with Crippen molar-refractivity contribution in [3.63, 3.8) is 0 Å². The quantitative estimate of drug-likeness (QED) is 0.0904. The van der Waals surface area contributed by atoms with Crippen LogP contribution in [0.15, 0.2) is 18.3 Å². The lowest BCUT2D eigenvalue weighted by atomic mass is 9.85. The molecule has 9 nitrogen and oxygen atoms in total. The Morgan fingerprint density at radius 3 is 2.09 bits per heavy atom. The normalized spacial score (nSPS) is 27.8. The van der Waals surface area contributed by atoms with Crippen molar-refractivity contribution in [3.05, 3.63) is 23.9 Å². The van der Waals surface area contributed by atoms with Crippen LogP contribution in [0.2, 0.25) is 58.9 Å². The molecule has 2 fully saturated rings. The second kappa shape index (κ2) is 14.4. The number of methoxy groups -OCH3 is 1. The highest BCUT2D eigenvalue weighted by atomic mass is 28.4. The van der Waals surface area contributed by atoms with E-state index in [-0.39, 0.29) is 72.9 Å². The third-order valence-corrected chi connectivity index (χ3v) is 10.7. The van der Waals surface area contributed by atoms with Crippen LogP contribution in [0.5, 0.6) is 5.88 Å². The molecule has 12 heteroatoms. The molecule has 0 aliphatic carbocycles. The molecule has 1 aromatic heterocycles. The van der Waals surface area contributed by atoms with Crippen LogP contribution in [-0.4, -0.2) is 91.8 Å². The van der Waals surface area contributed by atoms with Gasteiger partial charge in [-0.05, 0) is 71.9 Å². The SMILES string of the molecule is COc1ccc(C(=O)CC(=O)C[C@H]2CO[C@@H](C[C@@H]3O[C@H]3[C@H](C)[C@H](C)O[Si](C)(C)C)[C@@H](O[Si](C)(C)C)[C@@H]2O[Si](C)(C)C)cn1. The Kier molecular flexibility index (Phi) is 12.2. The van der Waals surface area contributed by atoms with Crippen molar-refractivity contribution >= 4 is 36.5 Å². The molecule has 1 aromatic rings. The van der Waals surface area contributed by atoms with E-state index in [0.717, 1.165) is 0 Å². The number of carbonyl (C=O) groups excluding carboxylic acids is 2. The second-order valence-corrected chi connectivity index (χ2v) is 28.5. The smallest absolute Gasteiger partial charge is 0.212 e. The standard InChI is InChI=1S/C31H55NO8Si3/c1-20(21(2)38-41(4,5)6)29-27(37-29)17-26-31(40-43(10,11)12)30(39-42(7,8)9)23(19-36-26)15-24(33)16-25(34)22-13-14-28(35-3)32-18-22/h13-14,18,20-21,23,26-27,29-31H,15-17,19H2,1-12H3/t20-,21+,23+,26+,27+,29+,30-,31-/m1/s1. The van der Waals surface area contributed by atoms with E-state index in [1.807, 2.05) is 0 Å². The van der Waals surface area contributed by atoms with Gasteiger partial charge in [-0.3, -0.25) is 9.59 Å². The van der Waals surface area contributed by atoms with Gasteiger partial charge in [-0.15, -0.1) is 0 Å². The number of pyridine rings is 1. The van der Waals surface area contributed by atoms with Crippen molar-refractivity contribution in [2.75, 3.05) is 13.7 Å². The van der Waals surface area contributed by atoms with Gasteiger partial charge in [0, 0.05) is 48.6 Å². The molecular formula is C31H55NO8Si3. The molecular weight excluding hydrogens is 599 g/mol. The molecule has 2 aliphatic rings. The van der Waals surface area contributed by atoms with Crippen molar-refractivity contribution in [2.45, 2.75) is 129 Å². The second-order valence-electron chi connectivity index (χ2n) is 15.1. The molecule has 8 atom stereocenters. The summed E-state index contributed by atoms with van der Waals surface area (Å²) >= 11 is 0. The van der Waals surface area contributed by atoms with Crippen LogP contribution < -0.4 is 4.74 Å². The van der Waals surface area contributed by atoms with Crippen LogP contribution in [0.1, 0.15) is 43.5 Å². The number of rotatable bonds is 16. The molecule has 2 saturated heterocycles. The number of ether oxygens (including phenoxy) is 3. The van der Waals surface area contributed by atoms with Gasteiger partial charge in [-0.1, -0.05) is 6.92 Å². The van der Waals surface area contributed by atoms with Gasteiger partial charge in [0.1, 0.15) is 5.78 Å². The van der Waals surface area contributed by atoms with E-state index in [2.05, 4.69) is 77.8 Å². The fourth-order valence-corrected chi connectivity index (χ4v) is 9.27. The molecule has 3 rings (SSSR count). The van der Waals surface area contributed by atoms with Gasteiger partial charge in [0.25, 0.3) is 0 Å². The summed E-state index contributed by atoms with van der Waals surface area (Å²) in [7, 11) is -4.19. The first-order chi connectivity index (χ1) is 19.8. The van der Waals surface area contributed by atoms with Gasteiger partial charge in [0.15, 0.2) is 30.7 Å². The summed E-state index contributed by atoms with van der Waals surface area (Å²) in [6, 6.07) is 3.26. The molecule has 244 valence electrons. The number of carbonyl (C=O) groups is 2. The molecule has 2 aliphatic heterocycles. The minimum absolute atomic E-state index is 0.0712. The largest absolute Gasteiger partial charge is 0.481 e. The third kappa shape index (κ3) is 11.6. The predicted octanol–water partition coefficient (Wildman–Crippen LogP) is 6.11. The summed E-state index contributed by atoms with van der Waals surface area (Å²) in [4.78, 5) is 30.2. The van der Waals surface area contributed by atoms with E-state index in [4.69, 9.17) is 27.5 Å². The number of hydrogen-bond acceptors (Lipinski definition) is 9. The molecule has 0 spiro atoms. The van der Waals surface area contributed by atoms with E-state index in [1.165, 1.54) is 13.3 Å². The van der Waals surface area contributed by atoms with E-state index >= 15 is 0 Å². The lowest BCUT2D eigenvalue weighted by Crippen LogP contribution is -2.58. The fraction of sp³-hybridized carbons (Fsp3) is 0.774. The van der Waals surface area contributed by atoms with Gasteiger partial charge in [0.2, 0.25) is 5.88 Å². The highest BCUT2D eigenvalue weighted by Crippen LogP contribution is 2.40. The number of ketones is 2. The maximum absolute atomic E-state index is 13.2. The summed E-state index contributed by atoms with van der Waals surface area (Å²) in [5.41, 5.74) is 0.390. The summed E-state index contributed by atoms with van der Waals surface area (Å²) in [5.74, 6) is 0.0850. The topological polar surface area (TPSA) is 106 Å². The Morgan fingerprint density at radius 1 is 0.930 bits per heavy atom. The zero-order chi connectivity index (χ0) is 32.3. The summed E-state index contributed by atoms with van der Waals surface area (Å²) < 4.78 is 37.7. The lowest BCUT2D eigenvalue weighted by molar-refractivity contribution is -0.158. The zero-order valence-electron chi connectivity index (χ0n) is 28.4. The van der Waals surface area contributed by atoms with Gasteiger partial charge >= 0.3 is 0 Å². The van der Waals surface area contributed by atoms with E-state index in [9.17, 15) is 9.59 Å². The summed E-state index contributed by atoms with van der Waals surface area (Å²) in [6.45, 7) is 24.3. The van der Waals surface area contributed by atoms with Gasteiger partial charge in [-0.25, -0.2) is 4.98 Å². The van der Waals surface area contributed by atoms with Crippen LogP contribution in [0.4, 0.5) is 0 Å². The molecule has 43 heavy (non-hydrogen) atoms. The molecule has 0 bridgehead atoms. The van der Waals surface area contributed by atoms with E-state index < -0.39 is 25.0 Å². The molecule has 0 N–H and O–H groups in total. The maximum Gasteiger partial charge on any atom is 0.212 e. The number of Topliss-reactive ketones (excluding diaryl/α,β-unsaturated/α-hetero) is 2. The molecule has 3 heterocycles. The fourth-order valence-electron chi connectivity index (χ4n) is 5.70. The van der Waals surface area contributed by atoms with Crippen LogP contribution in [0, 0.1) is 11.8 Å². The monoisotopic (exact) mass is 653 g/mol. The Bertz CT molecular complexity index is 1080. The van der Waals surface area contributed by atoms with Crippen molar-refractivity contribution < 1.29 is 37.1 Å². The number of nitrogens with zero attached hydrogens (tertiary/aromatic N) is 1. The summed E-state index contributed by atoms with van der Waals surface area (Å²) in [6.07, 6.45) is 1.64. The Labute approximate surface area is 262 Å². The van der Waals surface area contributed by atoms with Crippen LogP contribution >= 0.6 is 0 Å². The van der Waals surface area contributed by atoms with Crippen LogP contribution in [0.25, 0.3) is 0 Å². The Balaban J connectivity index is 1.73. The summed E-state index contributed by atoms with van der Waals surface area (Å²) in [5, 5.41) is 0. The minimum Gasteiger partial charge on any atom is -0.481 e.